The molecule has 4 rings (SSSR count). The number of nitrogens with zero attached hydrogens (tertiary/aromatic N) is 4. The fraction of sp³-hybridized carbons (Fsp3) is 0.526. The van der Waals surface area contributed by atoms with Crippen LogP contribution in [0.3, 0.4) is 0 Å². The Labute approximate surface area is 148 Å². The number of hydrogen-bond acceptors (Lipinski definition) is 4. The van der Waals surface area contributed by atoms with Crippen molar-refractivity contribution >= 4 is 11.7 Å². The standard InChI is InChI=1S/C19H25N5O/c1-13-22-16-7-3-4-8-17(16)24(13)14-9-11-23(12-14)18-15(19(25)20-2)6-5-10-21-18/h5-6,10,14H,3-4,7-9,11-12H2,1-2H3,(H,20,25)/t14-/m0/s1. The van der Waals surface area contributed by atoms with Crippen molar-refractivity contribution in [3.8, 4) is 0 Å². The number of imidazole rings is 1. The van der Waals surface area contributed by atoms with Gasteiger partial charge in [-0.05, 0) is 51.2 Å². The molecule has 0 bridgehead atoms. The Hall–Kier alpha value is -2.37. The van der Waals surface area contributed by atoms with Crippen molar-refractivity contribution < 1.29 is 4.79 Å². The molecule has 3 heterocycles. The third-order valence-corrected chi connectivity index (χ3v) is 5.43. The van der Waals surface area contributed by atoms with Crippen LogP contribution in [0.2, 0.25) is 0 Å². The molecule has 6 heteroatoms. The first-order valence-corrected chi connectivity index (χ1v) is 9.17. The van der Waals surface area contributed by atoms with Crippen LogP contribution >= 0.6 is 0 Å². The Balaban J connectivity index is 1.61. The third-order valence-electron chi connectivity index (χ3n) is 5.43. The number of aryl methyl sites for hydroxylation is 2. The maximum absolute atomic E-state index is 12.2. The van der Waals surface area contributed by atoms with E-state index in [4.69, 9.17) is 4.98 Å². The van der Waals surface area contributed by atoms with Gasteiger partial charge in [0.25, 0.3) is 5.91 Å². The molecule has 25 heavy (non-hydrogen) atoms. The fourth-order valence-corrected chi connectivity index (χ4v) is 4.29. The minimum absolute atomic E-state index is 0.0808. The number of nitrogens with one attached hydrogen (secondary N) is 1. The average Bonchev–Trinajstić information content (AvgIpc) is 3.24. The highest BCUT2D eigenvalue weighted by Gasteiger charge is 2.31. The SMILES string of the molecule is CNC(=O)c1cccnc1N1CC[C@H](n2c(C)nc3c2CCCC3)C1. The van der Waals surface area contributed by atoms with Crippen molar-refractivity contribution in [2.45, 2.75) is 45.1 Å². The number of rotatable bonds is 3. The van der Waals surface area contributed by atoms with E-state index < -0.39 is 0 Å². The van der Waals surface area contributed by atoms with Crippen LogP contribution < -0.4 is 10.2 Å². The molecule has 2 aromatic heterocycles. The molecule has 0 spiro atoms. The maximum Gasteiger partial charge on any atom is 0.254 e. The predicted octanol–water partition coefficient (Wildman–Crippen LogP) is 2.28. The number of carbonyl (C=O) groups excluding carboxylic acids is 1. The number of pyridine rings is 1. The van der Waals surface area contributed by atoms with Gasteiger partial charge < -0.3 is 14.8 Å². The van der Waals surface area contributed by atoms with E-state index in [0.717, 1.165) is 44.0 Å². The summed E-state index contributed by atoms with van der Waals surface area (Å²) in [4.78, 5) is 23.7. The van der Waals surface area contributed by atoms with Gasteiger partial charge in [0.2, 0.25) is 0 Å². The number of fused-ring (bicyclic) bond motifs is 1. The molecule has 1 saturated heterocycles. The van der Waals surface area contributed by atoms with E-state index in [9.17, 15) is 4.79 Å². The predicted molar refractivity (Wildman–Crippen MR) is 97.1 cm³/mol. The van der Waals surface area contributed by atoms with E-state index in [0.29, 0.717) is 11.6 Å². The van der Waals surface area contributed by atoms with Gasteiger partial charge in [-0.1, -0.05) is 0 Å². The maximum atomic E-state index is 12.2. The van der Waals surface area contributed by atoms with Crippen LogP contribution in [0.25, 0.3) is 0 Å². The van der Waals surface area contributed by atoms with Crippen LogP contribution in [0, 0.1) is 6.92 Å². The van der Waals surface area contributed by atoms with Gasteiger partial charge in [-0.15, -0.1) is 0 Å². The van der Waals surface area contributed by atoms with Crippen LogP contribution in [0.15, 0.2) is 18.3 Å². The Morgan fingerprint density at radius 1 is 1.32 bits per heavy atom. The van der Waals surface area contributed by atoms with Crippen molar-refractivity contribution in [2.75, 3.05) is 25.0 Å². The van der Waals surface area contributed by atoms with E-state index >= 15 is 0 Å². The second kappa shape index (κ2) is 6.50. The van der Waals surface area contributed by atoms with Crippen molar-refractivity contribution in [2.24, 2.45) is 0 Å². The number of carbonyl (C=O) groups is 1. The first-order valence-electron chi connectivity index (χ1n) is 9.17. The number of hydrogen-bond donors (Lipinski definition) is 1. The monoisotopic (exact) mass is 339 g/mol. The van der Waals surface area contributed by atoms with Crippen molar-refractivity contribution in [3.63, 3.8) is 0 Å². The fourth-order valence-electron chi connectivity index (χ4n) is 4.29. The third kappa shape index (κ3) is 2.79. The van der Waals surface area contributed by atoms with Crippen LogP contribution in [0.1, 0.15) is 52.9 Å². The summed E-state index contributed by atoms with van der Waals surface area (Å²) in [5, 5.41) is 2.71. The largest absolute Gasteiger partial charge is 0.355 e. The highest BCUT2D eigenvalue weighted by atomic mass is 16.1. The zero-order valence-electron chi connectivity index (χ0n) is 15.0. The molecular weight excluding hydrogens is 314 g/mol. The lowest BCUT2D eigenvalue weighted by Crippen LogP contribution is -2.27. The molecule has 1 aliphatic heterocycles. The van der Waals surface area contributed by atoms with Crippen LogP contribution in [-0.4, -0.2) is 40.6 Å². The molecule has 1 atom stereocenters. The van der Waals surface area contributed by atoms with E-state index in [-0.39, 0.29) is 5.91 Å². The Kier molecular flexibility index (Phi) is 4.19. The summed E-state index contributed by atoms with van der Waals surface area (Å²) in [5.74, 6) is 1.84. The lowest BCUT2D eigenvalue weighted by Gasteiger charge is -2.22. The first kappa shape index (κ1) is 16.1. The molecule has 0 radical (unpaired) electrons. The van der Waals surface area contributed by atoms with Gasteiger partial charge in [-0.2, -0.15) is 0 Å². The smallest absolute Gasteiger partial charge is 0.254 e. The summed E-state index contributed by atoms with van der Waals surface area (Å²) < 4.78 is 2.46. The van der Waals surface area contributed by atoms with Gasteiger partial charge in [-0.3, -0.25) is 4.79 Å². The van der Waals surface area contributed by atoms with Gasteiger partial charge in [0.05, 0.1) is 17.3 Å². The first-order chi connectivity index (χ1) is 12.2. The van der Waals surface area contributed by atoms with Gasteiger partial charge in [0.15, 0.2) is 0 Å². The Bertz CT molecular complexity index is 797. The minimum atomic E-state index is -0.0808. The summed E-state index contributed by atoms with van der Waals surface area (Å²) in [6.45, 7) is 3.92. The number of aromatic nitrogens is 3. The number of anilines is 1. The Morgan fingerprint density at radius 2 is 2.16 bits per heavy atom. The van der Waals surface area contributed by atoms with Gasteiger partial charge in [0.1, 0.15) is 11.6 Å². The topological polar surface area (TPSA) is 63.1 Å². The normalized spacial score (nSPS) is 19.8. The summed E-state index contributed by atoms with van der Waals surface area (Å²) >= 11 is 0. The van der Waals surface area contributed by atoms with E-state index in [1.165, 1.54) is 24.2 Å². The van der Waals surface area contributed by atoms with E-state index in [1.54, 1.807) is 13.2 Å². The highest BCUT2D eigenvalue weighted by molar-refractivity contribution is 5.98. The second-order valence-corrected chi connectivity index (χ2v) is 6.97. The van der Waals surface area contributed by atoms with Gasteiger partial charge >= 0.3 is 0 Å². The quantitative estimate of drug-likeness (QED) is 0.932. The molecule has 1 N–H and O–H groups in total. The van der Waals surface area contributed by atoms with Crippen molar-refractivity contribution in [1.29, 1.82) is 0 Å². The lowest BCUT2D eigenvalue weighted by atomic mass is 10.0. The van der Waals surface area contributed by atoms with Gasteiger partial charge in [-0.25, -0.2) is 9.97 Å². The summed E-state index contributed by atoms with van der Waals surface area (Å²) in [7, 11) is 1.66. The molecule has 1 amide bonds. The van der Waals surface area contributed by atoms with Gasteiger partial charge in [0, 0.05) is 32.0 Å². The van der Waals surface area contributed by atoms with Crippen LogP contribution in [-0.2, 0) is 12.8 Å². The minimum Gasteiger partial charge on any atom is -0.355 e. The molecule has 0 aromatic carbocycles. The molecule has 0 unspecified atom stereocenters. The summed E-state index contributed by atoms with van der Waals surface area (Å²) in [6, 6.07) is 4.07. The van der Waals surface area contributed by atoms with Crippen molar-refractivity contribution in [1.82, 2.24) is 19.9 Å². The second-order valence-electron chi connectivity index (χ2n) is 6.97. The van der Waals surface area contributed by atoms with Crippen LogP contribution in [0.5, 0.6) is 0 Å². The zero-order valence-corrected chi connectivity index (χ0v) is 15.0. The molecule has 1 fully saturated rings. The molecule has 2 aliphatic rings. The van der Waals surface area contributed by atoms with E-state index in [2.05, 4.69) is 26.7 Å². The average molecular weight is 339 g/mol. The molecule has 132 valence electrons. The Morgan fingerprint density at radius 3 is 3.00 bits per heavy atom. The lowest BCUT2D eigenvalue weighted by molar-refractivity contribution is 0.0963. The van der Waals surface area contributed by atoms with E-state index in [1.807, 2.05) is 12.1 Å². The number of amides is 1. The van der Waals surface area contributed by atoms with Crippen molar-refractivity contribution in [3.05, 3.63) is 41.1 Å². The molecule has 0 saturated carbocycles. The summed E-state index contributed by atoms with van der Waals surface area (Å²) in [5.41, 5.74) is 3.38. The molecule has 6 nitrogen and oxygen atoms in total. The zero-order chi connectivity index (χ0) is 17.4. The van der Waals surface area contributed by atoms with Crippen LogP contribution in [0.4, 0.5) is 5.82 Å². The molecular formula is C19H25N5O. The molecule has 1 aliphatic carbocycles. The summed E-state index contributed by atoms with van der Waals surface area (Å²) in [6.07, 6.45) is 7.59. The highest BCUT2D eigenvalue weighted by Crippen LogP contribution is 2.32. The molecule has 2 aromatic rings.